The lowest BCUT2D eigenvalue weighted by Crippen LogP contribution is -2.08. The molecule has 0 spiro atoms. The van der Waals surface area contributed by atoms with Crippen molar-refractivity contribution >= 4 is 5.69 Å². The van der Waals surface area contributed by atoms with E-state index in [1.807, 2.05) is 7.05 Å². The van der Waals surface area contributed by atoms with Gasteiger partial charge in [0.2, 0.25) is 5.82 Å². The number of rotatable bonds is 6. The molecule has 0 atom stereocenters. The number of hydrogen-bond acceptors (Lipinski definition) is 5. The van der Waals surface area contributed by atoms with Crippen molar-refractivity contribution in [2.24, 2.45) is 0 Å². The Kier molecular flexibility index (Phi) is 4.59. The van der Waals surface area contributed by atoms with E-state index in [4.69, 9.17) is 4.42 Å². The minimum absolute atomic E-state index is 0.0328. The fourth-order valence-corrected chi connectivity index (χ4v) is 1.85. The van der Waals surface area contributed by atoms with Gasteiger partial charge in [-0.1, -0.05) is 0 Å². The Morgan fingerprint density at radius 1 is 1.43 bits per heavy atom. The molecule has 0 fully saturated rings. The monoisotopic (exact) mass is 297 g/mol. The lowest BCUT2D eigenvalue weighted by Gasteiger charge is -2.01. The highest BCUT2D eigenvalue weighted by Crippen LogP contribution is 2.30. The second-order valence-corrected chi connectivity index (χ2v) is 4.37. The zero-order valence-electron chi connectivity index (χ0n) is 11.2. The van der Waals surface area contributed by atoms with Crippen LogP contribution in [0.3, 0.4) is 0 Å². The van der Waals surface area contributed by atoms with E-state index in [0.717, 1.165) is 19.0 Å². The summed E-state index contributed by atoms with van der Waals surface area (Å²) in [6.07, 6.45) is 2.53. The molecule has 1 aromatic heterocycles. The number of oxazole rings is 1. The van der Waals surface area contributed by atoms with E-state index in [9.17, 15) is 18.9 Å². The van der Waals surface area contributed by atoms with Gasteiger partial charge in [-0.05, 0) is 26.1 Å². The van der Waals surface area contributed by atoms with Crippen molar-refractivity contribution in [1.82, 2.24) is 10.3 Å². The fraction of sp³-hybridized carbons (Fsp3) is 0.308. The first kappa shape index (κ1) is 15.0. The smallest absolute Gasteiger partial charge is 0.308 e. The summed E-state index contributed by atoms with van der Waals surface area (Å²) < 4.78 is 32.7. The van der Waals surface area contributed by atoms with Crippen molar-refractivity contribution < 1.29 is 18.1 Å². The molecule has 0 radical (unpaired) electrons. The number of aromatic nitrogens is 1. The van der Waals surface area contributed by atoms with Crippen LogP contribution in [0.4, 0.5) is 14.5 Å². The summed E-state index contributed by atoms with van der Waals surface area (Å²) in [6.45, 7) is 0.761. The number of hydrogen-bond donors (Lipinski definition) is 1. The zero-order chi connectivity index (χ0) is 15.4. The highest BCUT2D eigenvalue weighted by Gasteiger charge is 2.23. The molecule has 0 bridgehead atoms. The molecule has 0 unspecified atom stereocenters. The molecule has 21 heavy (non-hydrogen) atoms. The molecule has 1 N–H and O–H groups in total. The van der Waals surface area contributed by atoms with E-state index in [1.165, 1.54) is 6.20 Å². The summed E-state index contributed by atoms with van der Waals surface area (Å²) in [6, 6.07) is 1.38. The number of nitro groups is 1. The van der Waals surface area contributed by atoms with Crippen LogP contribution in [0.25, 0.3) is 11.3 Å². The highest BCUT2D eigenvalue weighted by atomic mass is 19.1. The van der Waals surface area contributed by atoms with Gasteiger partial charge in [0.1, 0.15) is 5.82 Å². The van der Waals surface area contributed by atoms with Crippen LogP contribution in [0.1, 0.15) is 12.3 Å². The van der Waals surface area contributed by atoms with E-state index in [-0.39, 0.29) is 11.3 Å². The van der Waals surface area contributed by atoms with Crippen LogP contribution in [-0.4, -0.2) is 23.5 Å². The summed E-state index contributed by atoms with van der Waals surface area (Å²) in [4.78, 5) is 13.7. The Hall–Kier alpha value is -2.35. The molecule has 1 aromatic carbocycles. The minimum Gasteiger partial charge on any atom is -0.441 e. The van der Waals surface area contributed by atoms with E-state index >= 15 is 0 Å². The second kappa shape index (κ2) is 6.40. The van der Waals surface area contributed by atoms with Gasteiger partial charge < -0.3 is 9.73 Å². The summed E-state index contributed by atoms with van der Waals surface area (Å²) in [5.74, 6) is -1.72. The number of nitrogens with one attached hydrogen (secondary N) is 1. The lowest BCUT2D eigenvalue weighted by molar-refractivity contribution is -0.387. The molecule has 1 heterocycles. The predicted molar refractivity (Wildman–Crippen MR) is 70.8 cm³/mol. The molecule has 0 aliphatic carbocycles. The maximum atomic E-state index is 14.0. The van der Waals surface area contributed by atoms with Crippen molar-refractivity contribution in [2.75, 3.05) is 13.6 Å². The van der Waals surface area contributed by atoms with Crippen LogP contribution in [0.5, 0.6) is 0 Å². The van der Waals surface area contributed by atoms with Gasteiger partial charge >= 0.3 is 5.69 Å². The molecule has 6 nitrogen and oxygen atoms in total. The molecular formula is C13H13F2N3O3. The van der Waals surface area contributed by atoms with Gasteiger partial charge in [-0.15, -0.1) is 0 Å². The van der Waals surface area contributed by atoms with Gasteiger partial charge in [0, 0.05) is 6.42 Å². The van der Waals surface area contributed by atoms with Crippen molar-refractivity contribution in [3.8, 4) is 11.3 Å². The van der Waals surface area contributed by atoms with Crippen LogP contribution in [0, 0.1) is 21.7 Å². The Morgan fingerprint density at radius 3 is 2.86 bits per heavy atom. The average Bonchev–Trinajstić information content (AvgIpc) is 2.89. The van der Waals surface area contributed by atoms with Crippen LogP contribution in [0.2, 0.25) is 0 Å². The van der Waals surface area contributed by atoms with Gasteiger partial charge in [0.05, 0.1) is 22.7 Å². The SMILES string of the molecule is CNCCCc1ncc(-c2cc(F)cc([N+](=O)[O-])c2F)o1. The van der Waals surface area contributed by atoms with E-state index in [1.54, 1.807) is 0 Å². The number of nitrogens with zero attached hydrogens (tertiary/aromatic N) is 2. The van der Waals surface area contributed by atoms with Crippen molar-refractivity contribution in [1.29, 1.82) is 0 Å². The van der Waals surface area contributed by atoms with Gasteiger partial charge in [-0.3, -0.25) is 10.1 Å². The molecule has 0 aliphatic rings. The third-order valence-electron chi connectivity index (χ3n) is 2.85. The van der Waals surface area contributed by atoms with Crippen LogP contribution in [0.15, 0.2) is 22.7 Å². The molecule has 0 saturated carbocycles. The Morgan fingerprint density at radius 2 is 2.19 bits per heavy atom. The summed E-state index contributed by atoms with van der Waals surface area (Å²) in [7, 11) is 1.81. The molecule has 2 aromatic rings. The normalized spacial score (nSPS) is 10.8. The topological polar surface area (TPSA) is 81.2 Å². The molecule has 2 rings (SSSR count). The molecule has 0 amide bonds. The third kappa shape index (κ3) is 3.40. The molecule has 112 valence electrons. The standard InChI is InChI=1S/C13H13F2N3O3/c1-16-4-2-3-12-17-7-11(21-12)9-5-8(14)6-10(13(9)15)18(19)20/h5-7,16H,2-4H2,1H3. The zero-order valence-corrected chi connectivity index (χ0v) is 11.2. The first-order valence-electron chi connectivity index (χ1n) is 6.26. The van der Waals surface area contributed by atoms with Gasteiger partial charge in [0.15, 0.2) is 11.7 Å². The summed E-state index contributed by atoms with van der Waals surface area (Å²) in [5, 5.41) is 13.6. The number of benzene rings is 1. The molecule has 0 saturated heterocycles. The minimum atomic E-state index is -1.14. The maximum absolute atomic E-state index is 14.0. The second-order valence-electron chi connectivity index (χ2n) is 4.37. The number of nitro benzene ring substituents is 1. The Balaban J connectivity index is 2.32. The first-order chi connectivity index (χ1) is 10.0. The van der Waals surface area contributed by atoms with Gasteiger partial charge in [0.25, 0.3) is 0 Å². The number of aryl methyl sites for hydroxylation is 1. The molecule has 8 heteroatoms. The predicted octanol–water partition coefficient (Wildman–Crippen LogP) is 2.68. The first-order valence-corrected chi connectivity index (χ1v) is 6.26. The molecular weight excluding hydrogens is 284 g/mol. The third-order valence-corrected chi connectivity index (χ3v) is 2.85. The van der Waals surface area contributed by atoms with E-state index in [0.29, 0.717) is 18.4 Å². The largest absolute Gasteiger partial charge is 0.441 e. The maximum Gasteiger partial charge on any atom is 0.308 e. The van der Waals surface area contributed by atoms with E-state index in [2.05, 4.69) is 10.3 Å². The van der Waals surface area contributed by atoms with E-state index < -0.39 is 22.2 Å². The van der Waals surface area contributed by atoms with Gasteiger partial charge in [-0.25, -0.2) is 9.37 Å². The molecule has 0 aliphatic heterocycles. The average molecular weight is 297 g/mol. The van der Waals surface area contributed by atoms with Crippen molar-refractivity contribution in [3.63, 3.8) is 0 Å². The van der Waals surface area contributed by atoms with Crippen molar-refractivity contribution in [2.45, 2.75) is 12.8 Å². The van der Waals surface area contributed by atoms with Gasteiger partial charge in [-0.2, -0.15) is 4.39 Å². The summed E-state index contributed by atoms with van der Waals surface area (Å²) >= 11 is 0. The Bertz CT molecular complexity index is 658. The van der Waals surface area contributed by atoms with Crippen molar-refractivity contribution in [3.05, 3.63) is 46.0 Å². The number of halogens is 2. The quantitative estimate of drug-likeness (QED) is 0.503. The van der Waals surface area contributed by atoms with Crippen LogP contribution in [-0.2, 0) is 6.42 Å². The Labute approximate surface area is 118 Å². The van der Waals surface area contributed by atoms with Crippen LogP contribution >= 0.6 is 0 Å². The lowest BCUT2D eigenvalue weighted by atomic mass is 10.1. The summed E-state index contributed by atoms with van der Waals surface area (Å²) in [5.41, 5.74) is -1.24. The highest BCUT2D eigenvalue weighted by molar-refractivity contribution is 5.62. The van der Waals surface area contributed by atoms with Crippen LogP contribution < -0.4 is 5.32 Å². The fourth-order valence-electron chi connectivity index (χ4n) is 1.85.